The number of rotatable bonds is 15. The molecule has 1 rings (SSSR count). The molecule has 24 heavy (non-hydrogen) atoms. The van der Waals surface area contributed by atoms with Crippen molar-refractivity contribution in [2.45, 2.75) is 103 Å². The molecule has 0 unspecified atom stereocenters. The van der Waals surface area contributed by atoms with Crippen LogP contribution in [0.15, 0.2) is 30.3 Å². The second-order valence-electron chi connectivity index (χ2n) is 7.97. The molecule has 1 aromatic carbocycles. The first-order chi connectivity index (χ1) is 11.7. The van der Waals surface area contributed by atoms with Gasteiger partial charge in [0.2, 0.25) is 0 Å². The third-order valence-electron chi connectivity index (χ3n) is 5.23. The first kappa shape index (κ1) is 21.5. The van der Waals surface area contributed by atoms with Crippen LogP contribution in [0.5, 0.6) is 0 Å². The van der Waals surface area contributed by atoms with Crippen molar-refractivity contribution in [3.8, 4) is 0 Å². The predicted octanol–water partition coefficient (Wildman–Crippen LogP) is 7.44. The highest BCUT2D eigenvalue weighted by atomic mass is 28.3. The molecule has 137 valence electrons. The van der Waals surface area contributed by atoms with Gasteiger partial charge in [-0.1, -0.05) is 139 Å². The Bertz CT molecular complexity index is 382. The van der Waals surface area contributed by atoms with Crippen molar-refractivity contribution >= 4 is 13.3 Å². The van der Waals surface area contributed by atoms with E-state index < -0.39 is 8.07 Å². The molecule has 0 N–H and O–H groups in total. The number of hydrogen-bond donors (Lipinski definition) is 0. The standard InChI is InChI=1S/C23H41Si/c1-4-5-6-7-8-9-10-11-12-13-14-15-19-22-24(2,3)23-20-17-16-18-21-23/h16-18,20-22H,4-15,19H2,1-3H3. The highest BCUT2D eigenvalue weighted by Gasteiger charge is 2.22. The Labute approximate surface area is 153 Å². The van der Waals surface area contributed by atoms with Gasteiger partial charge in [0, 0.05) is 0 Å². The fourth-order valence-electron chi connectivity index (χ4n) is 3.43. The van der Waals surface area contributed by atoms with E-state index in [1.165, 1.54) is 83.5 Å². The lowest BCUT2D eigenvalue weighted by molar-refractivity contribution is 0.544. The molecular weight excluding hydrogens is 304 g/mol. The van der Waals surface area contributed by atoms with E-state index in [9.17, 15) is 0 Å². The van der Waals surface area contributed by atoms with Gasteiger partial charge < -0.3 is 0 Å². The smallest absolute Gasteiger partial charge is 0.0654 e. The molecule has 0 fully saturated rings. The third-order valence-corrected chi connectivity index (χ3v) is 8.36. The minimum Gasteiger partial charge on any atom is -0.0654 e. The molecule has 0 saturated heterocycles. The van der Waals surface area contributed by atoms with Crippen molar-refractivity contribution in [2.75, 3.05) is 0 Å². The molecule has 0 bridgehead atoms. The molecule has 0 aliphatic rings. The first-order valence-corrected chi connectivity index (χ1v) is 13.6. The molecule has 0 saturated carbocycles. The Morgan fingerprint density at radius 2 is 1.12 bits per heavy atom. The monoisotopic (exact) mass is 345 g/mol. The maximum atomic E-state index is 2.65. The van der Waals surface area contributed by atoms with Crippen LogP contribution < -0.4 is 5.19 Å². The molecule has 0 atom stereocenters. The average Bonchev–Trinajstić information content (AvgIpc) is 2.60. The second kappa shape index (κ2) is 13.7. The Morgan fingerprint density at radius 3 is 1.62 bits per heavy atom. The highest BCUT2D eigenvalue weighted by Crippen LogP contribution is 2.15. The number of benzene rings is 1. The summed E-state index contributed by atoms with van der Waals surface area (Å²) in [6.45, 7) is 7.24. The van der Waals surface area contributed by atoms with Crippen LogP contribution in [0.25, 0.3) is 0 Å². The zero-order valence-corrected chi connectivity index (χ0v) is 17.7. The van der Waals surface area contributed by atoms with E-state index in [-0.39, 0.29) is 0 Å². The zero-order chi connectivity index (χ0) is 17.5. The van der Waals surface area contributed by atoms with Gasteiger partial charge in [-0.05, 0) is 6.04 Å². The summed E-state index contributed by atoms with van der Waals surface area (Å²) in [5.74, 6) is 0. The van der Waals surface area contributed by atoms with Crippen molar-refractivity contribution in [3.63, 3.8) is 0 Å². The molecule has 1 aromatic rings. The fourth-order valence-corrected chi connectivity index (χ4v) is 5.65. The van der Waals surface area contributed by atoms with Crippen molar-refractivity contribution in [1.82, 2.24) is 0 Å². The van der Waals surface area contributed by atoms with Crippen LogP contribution in [0.4, 0.5) is 0 Å². The molecule has 0 aliphatic heterocycles. The maximum absolute atomic E-state index is 2.65. The maximum Gasteiger partial charge on any atom is 0.0836 e. The molecular formula is C23H41Si. The van der Waals surface area contributed by atoms with Gasteiger partial charge in [-0.15, -0.1) is 0 Å². The van der Waals surface area contributed by atoms with E-state index in [1.807, 2.05) is 0 Å². The van der Waals surface area contributed by atoms with Crippen molar-refractivity contribution in [3.05, 3.63) is 36.4 Å². The van der Waals surface area contributed by atoms with Gasteiger partial charge in [0.15, 0.2) is 0 Å². The average molecular weight is 346 g/mol. The summed E-state index contributed by atoms with van der Waals surface area (Å²) < 4.78 is 0. The Balaban J connectivity index is 1.90. The molecule has 1 heteroatoms. The Morgan fingerprint density at radius 1 is 0.667 bits per heavy atom. The summed E-state index contributed by atoms with van der Waals surface area (Å²) in [7, 11) is -1.30. The lowest BCUT2D eigenvalue weighted by atomic mass is 10.1. The highest BCUT2D eigenvalue weighted by molar-refractivity contribution is 6.92. The molecule has 1 radical (unpaired) electrons. The number of unbranched alkanes of at least 4 members (excludes halogenated alkanes) is 12. The predicted molar refractivity (Wildman–Crippen MR) is 114 cm³/mol. The summed E-state index contributed by atoms with van der Waals surface area (Å²) in [5, 5.41) is 1.57. The number of hydrogen-bond acceptors (Lipinski definition) is 0. The van der Waals surface area contributed by atoms with E-state index in [1.54, 1.807) is 5.19 Å². The van der Waals surface area contributed by atoms with Crippen molar-refractivity contribution in [1.29, 1.82) is 0 Å². The van der Waals surface area contributed by atoms with Gasteiger partial charge in [0.05, 0.1) is 8.07 Å². The van der Waals surface area contributed by atoms with Gasteiger partial charge in [0.25, 0.3) is 0 Å². The van der Waals surface area contributed by atoms with Crippen LogP contribution in [-0.4, -0.2) is 8.07 Å². The normalized spacial score (nSPS) is 11.8. The van der Waals surface area contributed by atoms with Crippen LogP contribution in [0.2, 0.25) is 13.1 Å². The minimum atomic E-state index is -1.30. The molecule has 0 spiro atoms. The first-order valence-electron chi connectivity index (χ1n) is 10.6. The summed E-state index contributed by atoms with van der Waals surface area (Å²) >= 11 is 0. The summed E-state index contributed by atoms with van der Waals surface area (Å²) in [6, 6.07) is 13.8. The quantitative estimate of drug-likeness (QED) is 0.229. The third kappa shape index (κ3) is 10.3. The van der Waals surface area contributed by atoms with Gasteiger partial charge in [-0.3, -0.25) is 0 Å². The molecule has 0 heterocycles. The van der Waals surface area contributed by atoms with E-state index in [4.69, 9.17) is 0 Å². The lowest BCUT2D eigenvalue weighted by Gasteiger charge is -2.22. The van der Waals surface area contributed by atoms with Crippen LogP contribution in [0.1, 0.15) is 90.4 Å². The van der Waals surface area contributed by atoms with Gasteiger partial charge in [-0.2, -0.15) is 0 Å². The SMILES string of the molecule is CCCCCCCCCCCCCC[CH][Si](C)(C)c1ccccc1. The van der Waals surface area contributed by atoms with Gasteiger partial charge >= 0.3 is 0 Å². The summed E-state index contributed by atoms with van der Waals surface area (Å²) in [4.78, 5) is 0. The molecule has 0 aromatic heterocycles. The van der Waals surface area contributed by atoms with Crippen LogP contribution in [0, 0.1) is 6.04 Å². The molecule has 0 nitrogen and oxygen atoms in total. The summed E-state index contributed by atoms with van der Waals surface area (Å²) in [5.41, 5.74) is 0. The molecule has 0 aliphatic carbocycles. The largest absolute Gasteiger partial charge is 0.0836 e. The van der Waals surface area contributed by atoms with E-state index >= 15 is 0 Å². The van der Waals surface area contributed by atoms with Crippen LogP contribution >= 0.6 is 0 Å². The fraction of sp³-hybridized carbons (Fsp3) is 0.696. The lowest BCUT2D eigenvalue weighted by Crippen LogP contribution is -2.42. The van der Waals surface area contributed by atoms with E-state index in [0.29, 0.717) is 0 Å². The second-order valence-corrected chi connectivity index (χ2v) is 12.4. The van der Waals surface area contributed by atoms with Crippen LogP contribution in [-0.2, 0) is 0 Å². The van der Waals surface area contributed by atoms with Crippen molar-refractivity contribution in [2.24, 2.45) is 0 Å². The van der Waals surface area contributed by atoms with E-state index in [2.05, 4.69) is 56.4 Å². The van der Waals surface area contributed by atoms with E-state index in [0.717, 1.165) is 0 Å². The van der Waals surface area contributed by atoms with Gasteiger partial charge in [-0.25, -0.2) is 0 Å². The van der Waals surface area contributed by atoms with Crippen molar-refractivity contribution < 1.29 is 0 Å². The van der Waals surface area contributed by atoms with Crippen LogP contribution in [0.3, 0.4) is 0 Å². The minimum absolute atomic E-state index is 1.30. The Kier molecular flexibility index (Phi) is 12.3. The topological polar surface area (TPSA) is 0 Å². The molecule has 0 amide bonds. The Hall–Kier alpha value is -0.563. The van der Waals surface area contributed by atoms with Gasteiger partial charge in [0.1, 0.15) is 0 Å². The zero-order valence-electron chi connectivity index (χ0n) is 16.7. The summed E-state index contributed by atoms with van der Waals surface area (Å²) in [6.07, 6.45) is 18.6.